The molecule has 80 valence electrons. The minimum absolute atomic E-state index is 0.0954. The number of carbonyl (C=O) groups is 1. The molecule has 0 fully saturated rings. The Morgan fingerprint density at radius 3 is 2.88 bits per heavy atom. The molecule has 16 heavy (non-hydrogen) atoms. The van der Waals surface area contributed by atoms with Gasteiger partial charge in [-0.25, -0.2) is 4.79 Å². The highest BCUT2D eigenvalue weighted by Gasteiger charge is 2.07. The van der Waals surface area contributed by atoms with E-state index in [0.29, 0.717) is 5.56 Å². The number of nitrogens with zero attached hydrogens (tertiary/aromatic N) is 1. The number of phenolic OH excluding ortho intramolecular Hbond substituents is 1. The molecule has 1 rings (SSSR count). The monoisotopic (exact) mass is 215 g/mol. The van der Waals surface area contributed by atoms with Crippen molar-refractivity contribution >= 4 is 5.97 Å². The fraction of sp³-hybridized carbons (Fsp3) is 0.167. The molecule has 0 atom stereocenters. The number of aromatic hydroxyl groups is 1. The summed E-state index contributed by atoms with van der Waals surface area (Å²) in [4.78, 5) is 11.1. The number of rotatable bonds is 1. The summed E-state index contributed by atoms with van der Waals surface area (Å²) in [5, 5.41) is 17.8. The summed E-state index contributed by atoms with van der Waals surface area (Å²) in [5.74, 6) is 4.57. The van der Waals surface area contributed by atoms with Crippen LogP contribution in [0.3, 0.4) is 0 Å². The van der Waals surface area contributed by atoms with E-state index in [1.807, 2.05) is 6.07 Å². The van der Waals surface area contributed by atoms with Crippen molar-refractivity contribution in [1.29, 1.82) is 5.26 Å². The lowest BCUT2D eigenvalue weighted by Gasteiger charge is -2.01. The van der Waals surface area contributed by atoms with Crippen molar-refractivity contribution in [2.45, 2.75) is 6.42 Å². The van der Waals surface area contributed by atoms with Gasteiger partial charge in [-0.2, -0.15) is 5.26 Å². The number of ether oxygens (including phenoxy) is 1. The third kappa shape index (κ3) is 2.76. The fourth-order valence-corrected chi connectivity index (χ4v) is 1.06. The van der Waals surface area contributed by atoms with Crippen molar-refractivity contribution in [3.63, 3.8) is 0 Å². The van der Waals surface area contributed by atoms with Gasteiger partial charge in [-0.05, 0) is 18.2 Å². The van der Waals surface area contributed by atoms with Crippen molar-refractivity contribution in [1.82, 2.24) is 0 Å². The first kappa shape index (κ1) is 11.6. The molecule has 0 unspecified atom stereocenters. The average molecular weight is 215 g/mol. The van der Waals surface area contributed by atoms with Gasteiger partial charge in [-0.3, -0.25) is 0 Å². The van der Waals surface area contributed by atoms with E-state index in [1.54, 1.807) is 0 Å². The van der Waals surface area contributed by atoms with Crippen LogP contribution in [-0.4, -0.2) is 18.2 Å². The lowest BCUT2D eigenvalue weighted by atomic mass is 10.1. The molecule has 0 aliphatic heterocycles. The molecule has 0 spiro atoms. The smallest absolute Gasteiger partial charge is 0.337 e. The van der Waals surface area contributed by atoms with Crippen LogP contribution in [0.5, 0.6) is 5.75 Å². The van der Waals surface area contributed by atoms with Crippen molar-refractivity contribution in [2.75, 3.05) is 7.11 Å². The molecule has 1 aromatic carbocycles. The molecular weight excluding hydrogens is 206 g/mol. The number of hydrogen-bond acceptors (Lipinski definition) is 4. The molecule has 1 aromatic rings. The van der Waals surface area contributed by atoms with Crippen molar-refractivity contribution < 1.29 is 14.6 Å². The summed E-state index contributed by atoms with van der Waals surface area (Å²) in [6.07, 6.45) is 0.0954. The minimum Gasteiger partial charge on any atom is -0.507 e. The highest BCUT2D eigenvalue weighted by atomic mass is 16.5. The van der Waals surface area contributed by atoms with Crippen LogP contribution in [-0.2, 0) is 4.74 Å². The highest BCUT2D eigenvalue weighted by Crippen LogP contribution is 2.18. The Bertz CT molecular complexity index is 503. The van der Waals surface area contributed by atoms with E-state index < -0.39 is 5.97 Å². The SMILES string of the molecule is COC(=O)c1ccc(C#CCC#N)c(O)c1. The number of esters is 1. The van der Waals surface area contributed by atoms with Crippen LogP contribution in [0.15, 0.2) is 18.2 Å². The molecule has 0 bridgehead atoms. The molecule has 0 aromatic heterocycles. The van der Waals surface area contributed by atoms with E-state index in [4.69, 9.17) is 5.26 Å². The Morgan fingerprint density at radius 2 is 2.31 bits per heavy atom. The predicted octanol–water partition coefficient (Wildman–Crippen LogP) is 1.44. The van der Waals surface area contributed by atoms with Crippen molar-refractivity contribution in [3.05, 3.63) is 29.3 Å². The third-order valence-corrected chi connectivity index (χ3v) is 1.81. The van der Waals surface area contributed by atoms with E-state index in [1.165, 1.54) is 25.3 Å². The second kappa shape index (κ2) is 5.43. The van der Waals surface area contributed by atoms with Crippen LogP contribution in [0.4, 0.5) is 0 Å². The third-order valence-electron chi connectivity index (χ3n) is 1.81. The van der Waals surface area contributed by atoms with Gasteiger partial charge in [0.2, 0.25) is 0 Å². The lowest BCUT2D eigenvalue weighted by Crippen LogP contribution is -2.00. The molecule has 0 radical (unpaired) electrons. The minimum atomic E-state index is -0.521. The maximum absolute atomic E-state index is 11.1. The number of nitriles is 1. The first-order valence-electron chi connectivity index (χ1n) is 4.46. The molecule has 0 heterocycles. The number of methoxy groups -OCH3 is 1. The molecule has 0 amide bonds. The molecule has 4 nitrogen and oxygen atoms in total. The van der Waals surface area contributed by atoms with Crippen LogP contribution in [0.25, 0.3) is 0 Å². The molecule has 1 N–H and O–H groups in total. The topological polar surface area (TPSA) is 70.3 Å². The summed E-state index contributed by atoms with van der Waals surface area (Å²) in [6, 6.07) is 6.15. The Labute approximate surface area is 93.1 Å². The van der Waals surface area contributed by atoms with Gasteiger partial charge in [0.25, 0.3) is 0 Å². The summed E-state index contributed by atoms with van der Waals surface area (Å²) in [6.45, 7) is 0. The maximum atomic E-state index is 11.1. The van der Waals surface area contributed by atoms with E-state index in [-0.39, 0.29) is 17.7 Å². The normalized spacial score (nSPS) is 8.50. The van der Waals surface area contributed by atoms with E-state index in [9.17, 15) is 9.90 Å². The standard InChI is InChI=1S/C12H9NO3/c1-16-12(15)10-6-5-9(11(14)8-10)4-2-3-7-13/h5-6,8,14H,3H2,1H3. The number of hydrogen-bond donors (Lipinski definition) is 1. The van der Waals surface area contributed by atoms with Crippen LogP contribution in [0.2, 0.25) is 0 Å². The predicted molar refractivity (Wildman–Crippen MR) is 56.6 cm³/mol. The zero-order valence-electron chi connectivity index (χ0n) is 8.65. The van der Waals surface area contributed by atoms with Gasteiger partial charge in [0.15, 0.2) is 0 Å². The van der Waals surface area contributed by atoms with Crippen LogP contribution >= 0.6 is 0 Å². The van der Waals surface area contributed by atoms with Gasteiger partial charge in [0.1, 0.15) is 5.75 Å². The quantitative estimate of drug-likeness (QED) is 0.568. The van der Waals surface area contributed by atoms with Crippen molar-refractivity contribution in [3.8, 4) is 23.7 Å². The zero-order chi connectivity index (χ0) is 12.0. The molecule has 0 aliphatic rings. The number of benzene rings is 1. The Kier molecular flexibility index (Phi) is 3.94. The first-order chi connectivity index (χ1) is 7.69. The van der Waals surface area contributed by atoms with Gasteiger partial charge in [-0.15, -0.1) is 0 Å². The van der Waals surface area contributed by atoms with Crippen LogP contribution in [0, 0.1) is 23.2 Å². The lowest BCUT2D eigenvalue weighted by molar-refractivity contribution is 0.0600. The van der Waals surface area contributed by atoms with Gasteiger partial charge in [0.05, 0.1) is 30.7 Å². The summed E-state index contributed by atoms with van der Waals surface area (Å²) in [5.41, 5.74) is 0.633. The van der Waals surface area contributed by atoms with Crippen LogP contribution in [0.1, 0.15) is 22.3 Å². The maximum Gasteiger partial charge on any atom is 0.337 e. The van der Waals surface area contributed by atoms with E-state index in [2.05, 4.69) is 16.6 Å². The van der Waals surface area contributed by atoms with Gasteiger partial charge >= 0.3 is 5.97 Å². The first-order valence-corrected chi connectivity index (χ1v) is 4.46. The van der Waals surface area contributed by atoms with Crippen LogP contribution < -0.4 is 0 Å². The highest BCUT2D eigenvalue weighted by molar-refractivity contribution is 5.90. The molecule has 0 saturated carbocycles. The van der Waals surface area contributed by atoms with Gasteiger partial charge in [0, 0.05) is 0 Å². The second-order valence-corrected chi connectivity index (χ2v) is 2.86. The van der Waals surface area contributed by atoms with E-state index >= 15 is 0 Å². The summed E-state index contributed by atoms with van der Waals surface area (Å²) in [7, 11) is 1.26. The molecular formula is C12H9NO3. The van der Waals surface area contributed by atoms with Crippen molar-refractivity contribution in [2.24, 2.45) is 0 Å². The number of phenols is 1. The molecule has 0 aliphatic carbocycles. The average Bonchev–Trinajstić information content (AvgIpc) is 2.30. The molecule has 4 heteroatoms. The molecule has 0 saturated heterocycles. The fourth-order valence-electron chi connectivity index (χ4n) is 1.06. The largest absolute Gasteiger partial charge is 0.507 e. The Morgan fingerprint density at radius 1 is 1.56 bits per heavy atom. The zero-order valence-corrected chi connectivity index (χ0v) is 8.65. The van der Waals surface area contributed by atoms with Gasteiger partial charge < -0.3 is 9.84 Å². The van der Waals surface area contributed by atoms with Gasteiger partial charge in [-0.1, -0.05) is 11.8 Å². The summed E-state index contributed by atoms with van der Waals surface area (Å²) >= 11 is 0. The number of carbonyl (C=O) groups excluding carboxylic acids is 1. The Hall–Kier alpha value is -2.46. The van der Waals surface area contributed by atoms with E-state index in [0.717, 1.165) is 0 Å². The summed E-state index contributed by atoms with van der Waals surface area (Å²) < 4.78 is 4.50. The second-order valence-electron chi connectivity index (χ2n) is 2.86. The Balaban J connectivity index is 2.98.